The van der Waals surface area contributed by atoms with Crippen molar-refractivity contribution in [3.63, 3.8) is 0 Å². The highest BCUT2D eigenvalue weighted by molar-refractivity contribution is 5.75. The van der Waals surface area contributed by atoms with Crippen LogP contribution in [0.1, 0.15) is 51.9 Å². The topological polar surface area (TPSA) is 92.4 Å². The zero-order chi connectivity index (χ0) is 13.8. The average Bonchev–Trinajstić information content (AvgIpc) is 2.33. The standard InChI is InChI=1S/C13H26N2O3/c1-2-11(6-7-13(17)18)8-10-15-12(16)5-3-4-9-14/h11H,2-10,14H2,1H3,(H,15,16)(H,17,18). The molecule has 0 aliphatic heterocycles. The third kappa shape index (κ3) is 10.1. The van der Waals surface area contributed by atoms with Gasteiger partial charge in [0.1, 0.15) is 0 Å². The van der Waals surface area contributed by atoms with E-state index in [9.17, 15) is 9.59 Å². The molecule has 4 N–H and O–H groups in total. The Bertz CT molecular complexity index is 244. The Labute approximate surface area is 109 Å². The minimum absolute atomic E-state index is 0.0662. The number of hydrogen-bond donors (Lipinski definition) is 3. The molecule has 106 valence electrons. The number of unbranched alkanes of at least 4 members (excludes halogenated alkanes) is 1. The van der Waals surface area contributed by atoms with Crippen molar-refractivity contribution in [3.8, 4) is 0 Å². The van der Waals surface area contributed by atoms with Crippen molar-refractivity contribution >= 4 is 11.9 Å². The first-order chi connectivity index (χ1) is 8.60. The van der Waals surface area contributed by atoms with Crippen LogP contribution in [0.3, 0.4) is 0 Å². The summed E-state index contributed by atoms with van der Waals surface area (Å²) in [6.45, 7) is 3.32. The molecule has 1 unspecified atom stereocenters. The second-order valence-electron chi connectivity index (χ2n) is 4.59. The zero-order valence-electron chi connectivity index (χ0n) is 11.3. The van der Waals surface area contributed by atoms with Crippen molar-refractivity contribution in [2.45, 2.75) is 51.9 Å². The largest absolute Gasteiger partial charge is 0.481 e. The van der Waals surface area contributed by atoms with Crippen molar-refractivity contribution in [1.82, 2.24) is 5.32 Å². The molecule has 1 amide bonds. The molecule has 0 aromatic rings. The summed E-state index contributed by atoms with van der Waals surface area (Å²) in [6, 6.07) is 0. The van der Waals surface area contributed by atoms with Crippen LogP contribution in [0.2, 0.25) is 0 Å². The third-order valence-corrected chi connectivity index (χ3v) is 3.08. The van der Waals surface area contributed by atoms with Gasteiger partial charge in [0.2, 0.25) is 5.91 Å². The second-order valence-corrected chi connectivity index (χ2v) is 4.59. The fraction of sp³-hybridized carbons (Fsp3) is 0.846. The van der Waals surface area contributed by atoms with Gasteiger partial charge >= 0.3 is 5.97 Å². The summed E-state index contributed by atoms with van der Waals surface area (Å²) in [5.41, 5.74) is 5.35. The Balaban J connectivity index is 3.59. The summed E-state index contributed by atoms with van der Waals surface area (Å²) < 4.78 is 0. The Morgan fingerprint density at radius 3 is 2.50 bits per heavy atom. The van der Waals surface area contributed by atoms with Gasteiger partial charge in [-0.1, -0.05) is 13.3 Å². The molecule has 18 heavy (non-hydrogen) atoms. The van der Waals surface area contributed by atoms with Crippen LogP contribution >= 0.6 is 0 Å². The van der Waals surface area contributed by atoms with Crippen molar-refractivity contribution < 1.29 is 14.7 Å². The minimum atomic E-state index is -0.751. The van der Waals surface area contributed by atoms with E-state index in [0.717, 1.165) is 25.7 Å². The van der Waals surface area contributed by atoms with E-state index in [1.807, 2.05) is 0 Å². The lowest BCUT2D eigenvalue weighted by molar-refractivity contribution is -0.137. The molecule has 0 spiro atoms. The number of carboxylic acids is 1. The molecule has 0 aromatic carbocycles. The number of carbonyl (C=O) groups is 2. The van der Waals surface area contributed by atoms with Crippen LogP contribution in [-0.4, -0.2) is 30.1 Å². The van der Waals surface area contributed by atoms with Gasteiger partial charge in [-0.05, 0) is 38.1 Å². The fourth-order valence-electron chi connectivity index (χ4n) is 1.81. The van der Waals surface area contributed by atoms with E-state index < -0.39 is 5.97 Å². The van der Waals surface area contributed by atoms with Crippen molar-refractivity contribution in [1.29, 1.82) is 0 Å². The van der Waals surface area contributed by atoms with Gasteiger partial charge in [-0.25, -0.2) is 0 Å². The van der Waals surface area contributed by atoms with Crippen LogP contribution in [0.4, 0.5) is 0 Å². The Morgan fingerprint density at radius 1 is 1.22 bits per heavy atom. The first-order valence-corrected chi connectivity index (χ1v) is 6.78. The molecular formula is C13H26N2O3. The predicted molar refractivity (Wildman–Crippen MR) is 71.2 cm³/mol. The summed E-state index contributed by atoms with van der Waals surface area (Å²) in [6.07, 6.45) is 4.95. The number of hydrogen-bond acceptors (Lipinski definition) is 3. The summed E-state index contributed by atoms with van der Waals surface area (Å²) in [5, 5.41) is 11.5. The van der Waals surface area contributed by atoms with E-state index in [0.29, 0.717) is 31.8 Å². The van der Waals surface area contributed by atoms with Crippen LogP contribution < -0.4 is 11.1 Å². The van der Waals surface area contributed by atoms with E-state index in [4.69, 9.17) is 10.8 Å². The Morgan fingerprint density at radius 2 is 1.94 bits per heavy atom. The number of rotatable bonds is 11. The van der Waals surface area contributed by atoms with Crippen molar-refractivity contribution in [2.24, 2.45) is 11.7 Å². The Hall–Kier alpha value is -1.10. The summed E-state index contributed by atoms with van der Waals surface area (Å²) in [5.74, 6) is -0.304. The maximum absolute atomic E-state index is 11.4. The molecular weight excluding hydrogens is 232 g/mol. The molecule has 0 radical (unpaired) electrons. The molecule has 0 saturated carbocycles. The molecule has 5 heteroatoms. The maximum Gasteiger partial charge on any atom is 0.303 e. The van der Waals surface area contributed by atoms with Gasteiger partial charge in [-0.3, -0.25) is 9.59 Å². The molecule has 0 heterocycles. The molecule has 0 aliphatic carbocycles. The van der Waals surface area contributed by atoms with Crippen LogP contribution in [-0.2, 0) is 9.59 Å². The number of carbonyl (C=O) groups excluding carboxylic acids is 1. The number of carboxylic acid groups (broad SMARTS) is 1. The van der Waals surface area contributed by atoms with Gasteiger partial charge < -0.3 is 16.2 Å². The zero-order valence-corrected chi connectivity index (χ0v) is 11.3. The predicted octanol–water partition coefficient (Wildman–Crippen LogP) is 1.51. The lowest BCUT2D eigenvalue weighted by atomic mass is 9.96. The first-order valence-electron chi connectivity index (χ1n) is 6.78. The molecule has 0 aliphatic rings. The monoisotopic (exact) mass is 258 g/mol. The molecule has 0 bridgehead atoms. The smallest absolute Gasteiger partial charge is 0.303 e. The van der Waals surface area contributed by atoms with E-state index in [1.165, 1.54) is 0 Å². The second kappa shape index (κ2) is 11.0. The SMILES string of the molecule is CCC(CCNC(=O)CCCCN)CCC(=O)O. The summed E-state index contributed by atoms with van der Waals surface area (Å²) >= 11 is 0. The molecule has 0 fully saturated rings. The fourth-order valence-corrected chi connectivity index (χ4v) is 1.81. The molecule has 5 nitrogen and oxygen atoms in total. The number of nitrogens with one attached hydrogen (secondary N) is 1. The van der Waals surface area contributed by atoms with Crippen molar-refractivity contribution in [2.75, 3.05) is 13.1 Å². The quantitative estimate of drug-likeness (QED) is 0.490. The lowest BCUT2D eigenvalue weighted by Gasteiger charge is -2.13. The number of nitrogens with two attached hydrogens (primary N) is 1. The lowest BCUT2D eigenvalue weighted by Crippen LogP contribution is -2.25. The van der Waals surface area contributed by atoms with Crippen LogP contribution in [0.5, 0.6) is 0 Å². The van der Waals surface area contributed by atoms with Gasteiger partial charge in [0.15, 0.2) is 0 Å². The van der Waals surface area contributed by atoms with Crippen LogP contribution in [0, 0.1) is 5.92 Å². The van der Waals surface area contributed by atoms with Gasteiger partial charge in [0.05, 0.1) is 0 Å². The van der Waals surface area contributed by atoms with Crippen molar-refractivity contribution in [3.05, 3.63) is 0 Å². The minimum Gasteiger partial charge on any atom is -0.481 e. The highest BCUT2D eigenvalue weighted by Crippen LogP contribution is 2.14. The van der Waals surface area contributed by atoms with Crippen LogP contribution in [0.15, 0.2) is 0 Å². The highest BCUT2D eigenvalue weighted by Gasteiger charge is 2.09. The number of aliphatic carboxylic acids is 1. The van der Waals surface area contributed by atoms with E-state index >= 15 is 0 Å². The summed E-state index contributed by atoms with van der Waals surface area (Å²) in [4.78, 5) is 21.9. The first kappa shape index (κ1) is 16.9. The highest BCUT2D eigenvalue weighted by atomic mass is 16.4. The molecule has 1 atom stereocenters. The van der Waals surface area contributed by atoms with Gasteiger partial charge in [0.25, 0.3) is 0 Å². The third-order valence-electron chi connectivity index (χ3n) is 3.08. The normalized spacial score (nSPS) is 12.1. The van der Waals surface area contributed by atoms with Gasteiger partial charge in [0, 0.05) is 19.4 Å². The van der Waals surface area contributed by atoms with Gasteiger partial charge in [-0.2, -0.15) is 0 Å². The maximum atomic E-state index is 11.4. The van der Waals surface area contributed by atoms with E-state index in [-0.39, 0.29) is 12.3 Å². The summed E-state index contributed by atoms with van der Waals surface area (Å²) in [7, 11) is 0. The molecule has 0 saturated heterocycles. The number of amides is 1. The van der Waals surface area contributed by atoms with Gasteiger partial charge in [-0.15, -0.1) is 0 Å². The average molecular weight is 258 g/mol. The molecule has 0 rings (SSSR count). The molecule has 0 aromatic heterocycles. The van der Waals surface area contributed by atoms with Crippen LogP contribution in [0.25, 0.3) is 0 Å². The van der Waals surface area contributed by atoms with E-state index in [1.54, 1.807) is 0 Å². The Kier molecular flexibility index (Phi) is 10.3. The van der Waals surface area contributed by atoms with E-state index in [2.05, 4.69) is 12.2 Å².